The number of carboxylic acids is 1. The predicted octanol–water partition coefficient (Wildman–Crippen LogP) is 1.64. The van der Waals surface area contributed by atoms with E-state index in [0.717, 1.165) is 5.56 Å². The van der Waals surface area contributed by atoms with Crippen LogP contribution >= 0.6 is 0 Å². The van der Waals surface area contributed by atoms with E-state index in [-0.39, 0.29) is 23.0 Å². The third-order valence-corrected chi connectivity index (χ3v) is 4.49. The van der Waals surface area contributed by atoms with Gasteiger partial charge < -0.3 is 29.7 Å². The van der Waals surface area contributed by atoms with Crippen LogP contribution in [0.5, 0.6) is 17.2 Å². The number of aliphatic hydroxyl groups excluding tert-OH is 1. The number of amides is 1. The van der Waals surface area contributed by atoms with Crippen molar-refractivity contribution < 1.29 is 38.8 Å². The predicted molar refractivity (Wildman–Crippen MR) is 109 cm³/mol. The number of aliphatic carboxylic acids is 1. The molecule has 0 unspecified atom stereocenters. The summed E-state index contributed by atoms with van der Waals surface area (Å²) in [6, 6.07) is 10.2. The fraction of sp³-hybridized carbons (Fsp3) is 0.227. The molecule has 2 atom stereocenters. The van der Waals surface area contributed by atoms with Gasteiger partial charge in [-0.1, -0.05) is 12.1 Å². The van der Waals surface area contributed by atoms with Crippen LogP contribution in [-0.4, -0.2) is 53.7 Å². The van der Waals surface area contributed by atoms with Gasteiger partial charge in [-0.25, -0.2) is 4.79 Å². The van der Waals surface area contributed by atoms with E-state index in [0.29, 0.717) is 11.3 Å². The van der Waals surface area contributed by atoms with Crippen LogP contribution in [0.15, 0.2) is 48.2 Å². The lowest BCUT2D eigenvalue weighted by atomic mass is 10.1. The largest absolute Gasteiger partial charge is 0.497 e. The lowest BCUT2D eigenvalue weighted by molar-refractivity contribution is -0.145. The molecule has 1 amide bonds. The lowest BCUT2D eigenvalue weighted by Gasteiger charge is -2.17. The van der Waals surface area contributed by atoms with E-state index in [2.05, 4.69) is 5.32 Å². The maximum absolute atomic E-state index is 12.5. The molecule has 3 N–H and O–H groups in total. The van der Waals surface area contributed by atoms with Crippen LogP contribution in [0.3, 0.4) is 0 Å². The summed E-state index contributed by atoms with van der Waals surface area (Å²) in [4.78, 5) is 35.5. The topological polar surface area (TPSA) is 131 Å². The third-order valence-electron chi connectivity index (χ3n) is 4.49. The van der Waals surface area contributed by atoms with Crippen LogP contribution in [0.1, 0.15) is 22.8 Å². The summed E-state index contributed by atoms with van der Waals surface area (Å²) in [7, 11) is 1.56. The van der Waals surface area contributed by atoms with Gasteiger partial charge in [0.25, 0.3) is 5.91 Å². The number of carboxylic acid groups (broad SMARTS) is 1. The number of rotatable bonds is 8. The number of hydrogen-bond acceptors (Lipinski definition) is 7. The summed E-state index contributed by atoms with van der Waals surface area (Å²) < 4.78 is 16.1. The van der Waals surface area contributed by atoms with Crippen molar-refractivity contribution in [2.75, 3.05) is 13.7 Å². The molecule has 0 fully saturated rings. The van der Waals surface area contributed by atoms with E-state index < -0.39 is 30.6 Å². The highest BCUT2D eigenvalue weighted by molar-refractivity contribution is 6.14. The zero-order valence-electron chi connectivity index (χ0n) is 16.8. The highest BCUT2D eigenvalue weighted by Crippen LogP contribution is 2.35. The van der Waals surface area contributed by atoms with Gasteiger partial charge >= 0.3 is 5.97 Å². The average molecular weight is 427 g/mol. The molecule has 0 spiro atoms. The molecular weight excluding hydrogens is 406 g/mol. The molecule has 0 saturated carbocycles. The molecule has 0 aliphatic carbocycles. The van der Waals surface area contributed by atoms with Gasteiger partial charge in [-0.2, -0.15) is 0 Å². The Kier molecular flexibility index (Phi) is 6.56. The van der Waals surface area contributed by atoms with Crippen molar-refractivity contribution >= 4 is 23.7 Å². The number of nitrogens with one attached hydrogen (secondary N) is 1. The Morgan fingerprint density at radius 1 is 1.16 bits per heavy atom. The van der Waals surface area contributed by atoms with E-state index in [4.69, 9.17) is 19.3 Å². The summed E-state index contributed by atoms with van der Waals surface area (Å²) in [5, 5.41) is 20.6. The number of aliphatic hydroxyl groups is 1. The summed E-state index contributed by atoms with van der Waals surface area (Å²) >= 11 is 0. The minimum Gasteiger partial charge on any atom is -0.497 e. The number of ether oxygens (including phenoxy) is 3. The van der Waals surface area contributed by atoms with Crippen molar-refractivity contribution in [2.45, 2.75) is 19.1 Å². The smallest absolute Gasteiger partial charge is 0.328 e. The highest BCUT2D eigenvalue weighted by Gasteiger charge is 2.28. The minimum absolute atomic E-state index is 0.149. The normalized spacial score (nSPS) is 15.6. The molecule has 0 bridgehead atoms. The number of carbonyl (C=O) groups excluding carboxylic acids is 2. The fourth-order valence-electron chi connectivity index (χ4n) is 2.86. The van der Waals surface area contributed by atoms with Gasteiger partial charge in [0.2, 0.25) is 5.78 Å². The van der Waals surface area contributed by atoms with Gasteiger partial charge in [-0.05, 0) is 42.8 Å². The monoisotopic (exact) mass is 427 g/mol. The molecule has 9 nitrogen and oxygen atoms in total. The van der Waals surface area contributed by atoms with E-state index in [1.165, 1.54) is 25.1 Å². The van der Waals surface area contributed by atoms with Crippen molar-refractivity contribution in [3.63, 3.8) is 0 Å². The van der Waals surface area contributed by atoms with Crippen LogP contribution in [0.25, 0.3) is 6.08 Å². The second-order valence-electron chi connectivity index (χ2n) is 6.78. The molecular formula is C22H21NO8. The first-order valence-corrected chi connectivity index (χ1v) is 9.34. The molecule has 0 saturated heterocycles. The quantitative estimate of drug-likeness (QED) is 0.542. The molecule has 3 rings (SSSR count). The van der Waals surface area contributed by atoms with Gasteiger partial charge in [-0.3, -0.25) is 9.59 Å². The molecule has 1 aliphatic rings. The van der Waals surface area contributed by atoms with Crippen molar-refractivity contribution in [2.24, 2.45) is 0 Å². The number of carbonyl (C=O) groups is 3. The van der Waals surface area contributed by atoms with Crippen LogP contribution in [0.4, 0.5) is 0 Å². The second-order valence-corrected chi connectivity index (χ2v) is 6.78. The number of hydrogen-bond donors (Lipinski definition) is 3. The van der Waals surface area contributed by atoms with Gasteiger partial charge in [0.05, 0.1) is 18.8 Å². The first-order valence-electron chi connectivity index (χ1n) is 9.34. The Labute approximate surface area is 177 Å². The number of fused-ring (bicyclic) bond motifs is 1. The Morgan fingerprint density at radius 3 is 2.45 bits per heavy atom. The number of Topliss-reactive ketones (excluding diaryl/α,β-unsaturated/α-hetero) is 1. The maximum Gasteiger partial charge on any atom is 0.328 e. The SMILES string of the molecule is COc1ccc(/C=C2\Oc3cc(OCC(=O)N[C@@H](C(=O)O)[C@H](C)O)ccc3C2=O)cc1. The van der Waals surface area contributed by atoms with Crippen molar-refractivity contribution in [3.8, 4) is 17.2 Å². The highest BCUT2D eigenvalue weighted by atomic mass is 16.5. The number of allylic oxidation sites excluding steroid dienone is 1. The fourth-order valence-corrected chi connectivity index (χ4v) is 2.86. The van der Waals surface area contributed by atoms with E-state index in [1.54, 1.807) is 37.5 Å². The van der Waals surface area contributed by atoms with E-state index in [1.807, 2.05) is 0 Å². The summed E-state index contributed by atoms with van der Waals surface area (Å²) in [5.74, 6) is -0.966. The Hall–Kier alpha value is -3.85. The van der Waals surface area contributed by atoms with E-state index >= 15 is 0 Å². The molecule has 1 heterocycles. The standard InChI is InChI=1S/C22H21NO8/c1-12(24)20(22(27)28)23-19(25)11-30-15-7-8-16-17(10-15)31-18(21(16)26)9-13-3-5-14(29-2)6-4-13/h3-10,12,20,24H,11H2,1-2H3,(H,23,25)(H,27,28)/b18-9-/t12-,20+/m0/s1. The molecule has 9 heteroatoms. The van der Waals surface area contributed by atoms with Crippen molar-refractivity contribution in [3.05, 3.63) is 59.4 Å². The van der Waals surface area contributed by atoms with Crippen LogP contribution < -0.4 is 19.5 Å². The van der Waals surface area contributed by atoms with Crippen molar-refractivity contribution in [1.29, 1.82) is 0 Å². The summed E-state index contributed by atoms with van der Waals surface area (Å²) in [6.07, 6.45) is 0.342. The Bertz CT molecular complexity index is 1030. The third kappa shape index (κ3) is 5.20. The van der Waals surface area contributed by atoms with Gasteiger partial charge in [0.1, 0.15) is 17.2 Å². The molecule has 0 radical (unpaired) electrons. The summed E-state index contributed by atoms with van der Waals surface area (Å²) in [5.41, 5.74) is 1.12. The zero-order valence-corrected chi connectivity index (χ0v) is 16.8. The van der Waals surface area contributed by atoms with Crippen LogP contribution in [0, 0.1) is 0 Å². The maximum atomic E-state index is 12.5. The molecule has 31 heavy (non-hydrogen) atoms. The van der Waals surface area contributed by atoms with Crippen LogP contribution in [0.2, 0.25) is 0 Å². The van der Waals surface area contributed by atoms with Crippen LogP contribution in [-0.2, 0) is 9.59 Å². The lowest BCUT2D eigenvalue weighted by Crippen LogP contribution is -2.49. The van der Waals surface area contributed by atoms with E-state index in [9.17, 15) is 19.5 Å². The summed E-state index contributed by atoms with van der Waals surface area (Å²) in [6.45, 7) is 0.781. The van der Waals surface area contributed by atoms with Gasteiger partial charge in [0.15, 0.2) is 18.4 Å². The zero-order chi connectivity index (χ0) is 22.5. The second kappa shape index (κ2) is 9.31. The first-order chi connectivity index (χ1) is 14.8. The minimum atomic E-state index is -1.44. The molecule has 2 aromatic rings. The Balaban J connectivity index is 1.65. The first kappa shape index (κ1) is 21.8. The Morgan fingerprint density at radius 2 is 1.84 bits per heavy atom. The number of ketones is 1. The molecule has 0 aromatic heterocycles. The number of methoxy groups -OCH3 is 1. The molecule has 162 valence electrons. The van der Waals surface area contributed by atoms with Crippen molar-refractivity contribution in [1.82, 2.24) is 5.32 Å². The number of benzene rings is 2. The van der Waals surface area contributed by atoms with Gasteiger partial charge in [0, 0.05) is 6.07 Å². The average Bonchev–Trinajstić information content (AvgIpc) is 3.05. The van der Waals surface area contributed by atoms with Gasteiger partial charge in [-0.15, -0.1) is 0 Å². The molecule has 2 aromatic carbocycles. The molecule has 1 aliphatic heterocycles.